The van der Waals surface area contributed by atoms with Gasteiger partial charge in [0.25, 0.3) is 0 Å². The molecule has 0 fully saturated rings. The Bertz CT molecular complexity index is 579. The average molecular weight is 296 g/mol. The lowest BCUT2D eigenvalue weighted by Gasteiger charge is -2.15. The molecule has 4 nitrogen and oxygen atoms in total. The van der Waals surface area contributed by atoms with Gasteiger partial charge < -0.3 is 0 Å². The Morgan fingerprint density at radius 3 is 2.21 bits per heavy atom. The quantitative estimate of drug-likeness (QED) is 0.841. The Labute approximate surface area is 106 Å². The number of hydrogen-bond acceptors (Lipinski definition) is 3. The number of rotatable bonds is 5. The van der Waals surface area contributed by atoms with Gasteiger partial charge in [-0.05, 0) is 24.3 Å². The third kappa shape index (κ3) is 3.90. The summed E-state index contributed by atoms with van der Waals surface area (Å²) < 4.78 is 73.4. The van der Waals surface area contributed by atoms with Gasteiger partial charge in [0.05, 0.1) is 23.1 Å². The Kier molecular flexibility index (Phi) is 4.49. The highest BCUT2D eigenvalue weighted by Gasteiger charge is 2.41. The van der Waals surface area contributed by atoms with E-state index in [1.54, 1.807) is 6.07 Å². The van der Waals surface area contributed by atoms with Crippen molar-refractivity contribution in [2.45, 2.75) is 17.2 Å². The van der Waals surface area contributed by atoms with Gasteiger partial charge in [-0.25, -0.2) is 21.9 Å². The standard InChI is InChI=1S/C10H8F4N2O2S/c11-9(12)10(13,14)6-16-19(17,18)8-3-1-7(5-15)2-4-8/h1-4,9,16H,6H2. The number of alkyl halides is 4. The van der Waals surface area contributed by atoms with Crippen molar-refractivity contribution in [3.63, 3.8) is 0 Å². The van der Waals surface area contributed by atoms with Crippen molar-refractivity contribution >= 4 is 10.0 Å². The van der Waals surface area contributed by atoms with E-state index in [0.29, 0.717) is 0 Å². The third-order valence-corrected chi connectivity index (χ3v) is 3.53. The third-order valence-electron chi connectivity index (χ3n) is 2.11. The van der Waals surface area contributed by atoms with Gasteiger partial charge in [-0.2, -0.15) is 14.0 Å². The van der Waals surface area contributed by atoms with Crippen LogP contribution in [0.2, 0.25) is 0 Å². The topological polar surface area (TPSA) is 70.0 Å². The lowest BCUT2D eigenvalue weighted by Crippen LogP contribution is -2.41. The molecule has 1 rings (SSSR count). The number of sulfonamides is 1. The predicted molar refractivity (Wildman–Crippen MR) is 57.3 cm³/mol. The maximum absolute atomic E-state index is 12.6. The van der Waals surface area contributed by atoms with Crippen LogP contribution in [0, 0.1) is 11.3 Å². The van der Waals surface area contributed by atoms with E-state index >= 15 is 0 Å². The molecule has 0 aromatic heterocycles. The van der Waals surface area contributed by atoms with Crippen LogP contribution in [0.4, 0.5) is 17.6 Å². The van der Waals surface area contributed by atoms with Crippen molar-refractivity contribution < 1.29 is 26.0 Å². The van der Waals surface area contributed by atoms with E-state index in [0.717, 1.165) is 12.1 Å². The first-order valence-corrected chi connectivity index (χ1v) is 6.33. The van der Waals surface area contributed by atoms with Crippen molar-refractivity contribution in [1.82, 2.24) is 4.72 Å². The molecule has 0 heterocycles. The second kappa shape index (κ2) is 5.54. The molecule has 19 heavy (non-hydrogen) atoms. The van der Waals surface area contributed by atoms with Gasteiger partial charge in [0.2, 0.25) is 10.0 Å². The Balaban J connectivity index is 2.85. The fourth-order valence-corrected chi connectivity index (χ4v) is 2.10. The first kappa shape index (κ1) is 15.4. The zero-order valence-electron chi connectivity index (χ0n) is 9.28. The van der Waals surface area contributed by atoms with Crippen LogP contribution < -0.4 is 4.72 Å². The SMILES string of the molecule is N#Cc1ccc(S(=O)(=O)NCC(F)(F)C(F)F)cc1. The van der Waals surface area contributed by atoms with Crippen molar-refractivity contribution in [1.29, 1.82) is 5.26 Å². The molecular weight excluding hydrogens is 288 g/mol. The van der Waals surface area contributed by atoms with Gasteiger partial charge in [0.1, 0.15) is 0 Å². The van der Waals surface area contributed by atoms with Crippen LogP contribution in [-0.2, 0) is 10.0 Å². The highest BCUT2D eigenvalue weighted by atomic mass is 32.2. The predicted octanol–water partition coefficient (Wildman–Crippen LogP) is 1.74. The smallest absolute Gasteiger partial charge is 0.207 e. The minimum atomic E-state index is -4.44. The lowest BCUT2D eigenvalue weighted by molar-refractivity contribution is -0.122. The van der Waals surface area contributed by atoms with E-state index in [1.165, 1.54) is 16.9 Å². The molecule has 0 aliphatic rings. The van der Waals surface area contributed by atoms with Gasteiger partial charge in [-0.1, -0.05) is 0 Å². The van der Waals surface area contributed by atoms with Gasteiger partial charge in [-0.15, -0.1) is 0 Å². The number of nitrogens with one attached hydrogen (secondary N) is 1. The van der Waals surface area contributed by atoms with Gasteiger partial charge in [-0.3, -0.25) is 0 Å². The number of halogens is 4. The molecule has 0 radical (unpaired) electrons. The molecular formula is C10H8F4N2O2S. The van der Waals surface area contributed by atoms with Gasteiger partial charge >= 0.3 is 12.3 Å². The average Bonchev–Trinajstić information content (AvgIpc) is 2.36. The van der Waals surface area contributed by atoms with Gasteiger partial charge in [0, 0.05) is 0 Å². The van der Waals surface area contributed by atoms with Crippen LogP contribution in [0.5, 0.6) is 0 Å². The van der Waals surface area contributed by atoms with E-state index in [1.807, 2.05) is 0 Å². The second-order valence-electron chi connectivity index (χ2n) is 3.52. The fraction of sp³-hybridized carbons (Fsp3) is 0.300. The largest absolute Gasteiger partial charge is 0.320 e. The fourth-order valence-electron chi connectivity index (χ4n) is 1.06. The summed E-state index contributed by atoms with van der Waals surface area (Å²) in [5.41, 5.74) is 0.178. The molecule has 0 saturated carbocycles. The van der Waals surface area contributed by atoms with Crippen molar-refractivity contribution in [2.24, 2.45) is 0 Å². The van der Waals surface area contributed by atoms with Crippen LogP contribution in [0.1, 0.15) is 5.56 Å². The van der Waals surface area contributed by atoms with E-state index in [4.69, 9.17) is 5.26 Å². The molecule has 0 saturated heterocycles. The molecule has 0 spiro atoms. The first-order valence-electron chi connectivity index (χ1n) is 4.85. The number of benzene rings is 1. The summed E-state index contributed by atoms with van der Waals surface area (Å²) in [7, 11) is -4.32. The summed E-state index contributed by atoms with van der Waals surface area (Å²) in [6.07, 6.45) is -3.96. The van der Waals surface area contributed by atoms with E-state index in [9.17, 15) is 26.0 Å². The summed E-state index contributed by atoms with van der Waals surface area (Å²) in [5, 5.41) is 8.50. The normalized spacial score (nSPS) is 12.4. The summed E-state index contributed by atoms with van der Waals surface area (Å²) in [6.45, 7) is -1.70. The minimum absolute atomic E-state index is 0.178. The summed E-state index contributed by atoms with van der Waals surface area (Å²) in [6, 6.07) is 6.11. The molecule has 1 aromatic rings. The summed E-state index contributed by atoms with van der Waals surface area (Å²) in [5.74, 6) is -4.44. The maximum Gasteiger partial charge on any atom is 0.320 e. The highest BCUT2D eigenvalue weighted by molar-refractivity contribution is 7.89. The number of hydrogen-bond donors (Lipinski definition) is 1. The molecule has 1 N–H and O–H groups in total. The van der Waals surface area contributed by atoms with Crippen LogP contribution >= 0.6 is 0 Å². The van der Waals surface area contributed by atoms with Crippen molar-refractivity contribution in [3.8, 4) is 6.07 Å². The van der Waals surface area contributed by atoms with E-state index in [2.05, 4.69) is 0 Å². The molecule has 0 aliphatic heterocycles. The molecule has 0 amide bonds. The monoisotopic (exact) mass is 296 g/mol. The molecule has 9 heteroatoms. The minimum Gasteiger partial charge on any atom is -0.207 e. The Hall–Kier alpha value is -1.66. The number of nitriles is 1. The zero-order valence-corrected chi connectivity index (χ0v) is 10.1. The lowest BCUT2D eigenvalue weighted by atomic mass is 10.2. The Morgan fingerprint density at radius 1 is 1.26 bits per heavy atom. The van der Waals surface area contributed by atoms with E-state index < -0.39 is 33.8 Å². The van der Waals surface area contributed by atoms with Gasteiger partial charge in [0.15, 0.2) is 0 Å². The summed E-state index contributed by atoms with van der Waals surface area (Å²) in [4.78, 5) is -0.392. The molecule has 104 valence electrons. The maximum atomic E-state index is 12.6. The summed E-state index contributed by atoms with van der Waals surface area (Å²) >= 11 is 0. The second-order valence-corrected chi connectivity index (χ2v) is 5.29. The Morgan fingerprint density at radius 2 is 1.79 bits per heavy atom. The van der Waals surface area contributed by atoms with Crippen LogP contribution in [0.3, 0.4) is 0 Å². The van der Waals surface area contributed by atoms with Crippen LogP contribution in [-0.4, -0.2) is 27.3 Å². The van der Waals surface area contributed by atoms with Crippen LogP contribution in [0.15, 0.2) is 29.2 Å². The molecule has 0 atom stereocenters. The molecule has 1 aromatic carbocycles. The van der Waals surface area contributed by atoms with Crippen molar-refractivity contribution in [2.75, 3.05) is 6.54 Å². The molecule has 0 aliphatic carbocycles. The molecule has 0 bridgehead atoms. The zero-order chi connectivity index (χ0) is 14.7. The van der Waals surface area contributed by atoms with Crippen molar-refractivity contribution in [3.05, 3.63) is 29.8 Å². The highest BCUT2D eigenvalue weighted by Crippen LogP contribution is 2.22. The van der Waals surface area contributed by atoms with E-state index in [-0.39, 0.29) is 5.56 Å². The van der Waals surface area contributed by atoms with Crippen LogP contribution in [0.25, 0.3) is 0 Å². The molecule has 0 unspecified atom stereocenters. The first-order chi connectivity index (χ1) is 8.69. The number of nitrogens with zero attached hydrogens (tertiary/aromatic N) is 1.